The molecule has 0 N–H and O–H groups in total. The lowest BCUT2D eigenvalue weighted by molar-refractivity contribution is -0.142. The van der Waals surface area contributed by atoms with Crippen LogP contribution in [-0.2, 0) is 58.6 Å². The molecule has 0 aliphatic carbocycles. The SMILES string of the molecule is CCCCCCCCCc1ccc(OCCOCCOCCOCCOCCOCCOCCOCCOCCOCCOC(C)=O)cc1. The van der Waals surface area contributed by atoms with Gasteiger partial charge in [0.2, 0.25) is 0 Å². The van der Waals surface area contributed by atoms with E-state index in [1.807, 2.05) is 0 Å². The molecule has 1 aromatic rings. The first-order valence-corrected chi connectivity index (χ1v) is 18.3. The van der Waals surface area contributed by atoms with Crippen LogP contribution >= 0.6 is 0 Å². The number of hydrogen-bond acceptors (Lipinski definition) is 12. The van der Waals surface area contributed by atoms with Gasteiger partial charge < -0.3 is 52.1 Å². The number of ether oxygens (including phenoxy) is 11. The number of carbonyl (C=O) groups excluding carboxylic acids is 1. The third-order valence-electron chi connectivity index (χ3n) is 7.00. The molecule has 0 saturated heterocycles. The highest BCUT2D eigenvalue weighted by atomic mass is 16.6. The third kappa shape index (κ3) is 34.4. The lowest BCUT2D eigenvalue weighted by Gasteiger charge is -2.09. The van der Waals surface area contributed by atoms with Gasteiger partial charge in [-0.25, -0.2) is 0 Å². The lowest BCUT2D eigenvalue weighted by Crippen LogP contribution is -2.15. The second kappa shape index (κ2) is 37.4. The topological polar surface area (TPSA) is 119 Å². The molecule has 49 heavy (non-hydrogen) atoms. The van der Waals surface area contributed by atoms with E-state index in [1.165, 1.54) is 57.4 Å². The largest absolute Gasteiger partial charge is 0.491 e. The van der Waals surface area contributed by atoms with Gasteiger partial charge in [0.1, 0.15) is 19.0 Å². The van der Waals surface area contributed by atoms with E-state index in [-0.39, 0.29) is 12.6 Å². The van der Waals surface area contributed by atoms with Crippen LogP contribution in [0.4, 0.5) is 0 Å². The van der Waals surface area contributed by atoms with Gasteiger partial charge in [-0.2, -0.15) is 0 Å². The number of hydrogen-bond donors (Lipinski definition) is 0. The fraction of sp³-hybridized carbons (Fsp3) is 0.811. The van der Waals surface area contributed by atoms with Gasteiger partial charge in [-0.05, 0) is 30.5 Å². The molecule has 12 heteroatoms. The molecule has 0 aliphatic heterocycles. The Morgan fingerprint density at radius 1 is 0.429 bits per heavy atom. The lowest BCUT2D eigenvalue weighted by atomic mass is 10.0. The average Bonchev–Trinajstić information content (AvgIpc) is 3.10. The van der Waals surface area contributed by atoms with Gasteiger partial charge in [0.05, 0.1) is 119 Å². The molecule has 286 valence electrons. The van der Waals surface area contributed by atoms with E-state index in [4.69, 9.17) is 52.1 Å². The zero-order valence-corrected chi connectivity index (χ0v) is 30.5. The quantitative estimate of drug-likeness (QED) is 0.0673. The van der Waals surface area contributed by atoms with Crippen molar-refractivity contribution in [3.05, 3.63) is 29.8 Å². The van der Waals surface area contributed by atoms with Gasteiger partial charge in [-0.15, -0.1) is 0 Å². The number of unbranched alkanes of at least 4 members (excludes halogenated alkanes) is 6. The molecule has 1 aromatic carbocycles. The van der Waals surface area contributed by atoms with E-state index >= 15 is 0 Å². The Kier molecular flexibility index (Phi) is 34.5. The Morgan fingerprint density at radius 3 is 1.12 bits per heavy atom. The maximum atomic E-state index is 10.6. The van der Waals surface area contributed by atoms with Crippen molar-refractivity contribution in [3.63, 3.8) is 0 Å². The molecular formula is C37H66O12. The molecule has 0 atom stereocenters. The molecule has 12 nitrogen and oxygen atoms in total. The molecule has 0 saturated carbocycles. The zero-order chi connectivity index (χ0) is 35.1. The van der Waals surface area contributed by atoms with Crippen LogP contribution in [-0.4, -0.2) is 138 Å². The summed E-state index contributed by atoms with van der Waals surface area (Å²) >= 11 is 0. The maximum Gasteiger partial charge on any atom is 0.302 e. The van der Waals surface area contributed by atoms with E-state index in [2.05, 4.69) is 31.2 Å². The zero-order valence-electron chi connectivity index (χ0n) is 30.5. The molecule has 0 unspecified atom stereocenters. The molecule has 0 bridgehead atoms. The summed E-state index contributed by atoms with van der Waals surface area (Å²) in [6.07, 6.45) is 10.5. The predicted octanol–water partition coefficient (Wildman–Crippen LogP) is 5.07. The standard InChI is InChI=1S/C37H66O12/c1-3-4-5-6-7-8-9-10-36-11-13-37(14-12-36)49-34-32-47-30-28-45-26-24-43-22-20-41-18-16-39-15-17-40-19-21-42-23-25-44-27-29-46-31-33-48-35(2)38/h11-14H,3-10,15-34H2,1-2H3. The van der Waals surface area contributed by atoms with Crippen molar-refractivity contribution in [2.75, 3.05) is 132 Å². The number of aryl methyl sites for hydroxylation is 1. The summed E-state index contributed by atoms with van der Waals surface area (Å²) in [7, 11) is 0. The highest BCUT2D eigenvalue weighted by Crippen LogP contribution is 2.15. The monoisotopic (exact) mass is 702 g/mol. The van der Waals surface area contributed by atoms with Gasteiger partial charge in [-0.3, -0.25) is 4.79 Å². The summed E-state index contributed by atoms with van der Waals surface area (Å²) < 4.78 is 59.7. The van der Waals surface area contributed by atoms with E-state index in [0.717, 1.165) is 12.2 Å². The van der Waals surface area contributed by atoms with Gasteiger partial charge >= 0.3 is 5.97 Å². The molecule has 0 spiro atoms. The Morgan fingerprint density at radius 2 is 0.755 bits per heavy atom. The second-order valence-corrected chi connectivity index (χ2v) is 11.2. The van der Waals surface area contributed by atoms with Crippen molar-refractivity contribution < 1.29 is 56.9 Å². The number of benzene rings is 1. The Hall–Kier alpha value is -1.87. The molecule has 0 radical (unpaired) electrons. The van der Waals surface area contributed by atoms with Crippen molar-refractivity contribution in [1.29, 1.82) is 0 Å². The van der Waals surface area contributed by atoms with Crippen LogP contribution in [0.15, 0.2) is 24.3 Å². The summed E-state index contributed by atoms with van der Waals surface area (Å²) in [6, 6.07) is 8.44. The van der Waals surface area contributed by atoms with Gasteiger partial charge in [0, 0.05) is 6.92 Å². The smallest absolute Gasteiger partial charge is 0.302 e. The van der Waals surface area contributed by atoms with Gasteiger partial charge in [0.15, 0.2) is 0 Å². The van der Waals surface area contributed by atoms with E-state index in [1.54, 1.807) is 0 Å². The van der Waals surface area contributed by atoms with Crippen LogP contribution in [0.3, 0.4) is 0 Å². The first-order valence-electron chi connectivity index (χ1n) is 18.3. The van der Waals surface area contributed by atoms with Gasteiger partial charge in [0.25, 0.3) is 0 Å². The fourth-order valence-electron chi connectivity index (χ4n) is 4.36. The van der Waals surface area contributed by atoms with Crippen LogP contribution in [0, 0.1) is 0 Å². The van der Waals surface area contributed by atoms with E-state index in [9.17, 15) is 4.79 Å². The molecule has 0 heterocycles. The van der Waals surface area contributed by atoms with Crippen molar-refractivity contribution in [2.24, 2.45) is 0 Å². The first-order chi connectivity index (χ1) is 24.2. The maximum absolute atomic E-state index is 10.6. The number of esters is 1. The summed E-state index contributed by atoms with van der Waals surface area (Å²) in [6.45, 7) is 13.3. The molecule has 0 aromatic heterocycles. The van der Waals surface area contributed by atoms with Crippen molar-refractivity contribution >= 4 is 5.97 Å². The minimum absolute atomic E-state index is 0.260. The third-order valence-corrected chi connectivity index (χ3v) is 7.00. The van der Waals surface area contributed by atoms with Crippen molar-refractivity contribution in [1.82, 2.24) is 0 Å². The average molecular weight is 703 g/mol. The first kappa shape index (κ1) is 45.2. The molecule has 1 rings (SSSR count). The highest BCUT2D eigenvalue weighted by Gasteiger charge is 1.99. The van der Waals surface area contributed by atoms with Crippen molar-refractivity contribution in [2.45, 2.75) is 65.2 Å². The summed E-state index contributed by atoms with van der Waals surface area (Å²) in [5, 5.41) is 0. The Labute approximate surface area is 295 Å². The number of rotatable bonds is 39. The van der Waals surface area contributed by atoms with Gasteiger partial charge in [-0.1, -0.05) is 57.6 Å². The minimum Gasteiger partial charge on any atom is -0.491 e. The van der Waals surface area contributed by atoms with E-state index in [0.29, 0.717) is 126 Å². The van der Waals surface area contributed by atoms with Crippen LogP contribution < -0.4 is 4.74 Å². The normalized spacial score (nSPS) is 11.3. The predicted molar refractivity (Wildman–Crippen MR) is 188 cm³/mol. The minimum atomic E-state index is -0.309. The summed E-state index contributed by atoms with van der Waals surface area (Å²) in [4.78, 5) is 10.6. The van der Waals surface area contributed by atoms with Crippen LogP contribution in [0.1, 0.15) is 64.4 Å². The summed E-state index contributed by atoms with van der Waals surface area (Å²) in [5.74, 6) is 0.575. The molecule has 0 aliphatic rings. The molecular weight excluding hydrogens is 636 g/mol. The number of carbonyl (C=O) groups is 1. The Bertz CT molecular complexity index is 811. The molecule has 0 amide bonds. The summed E-state index contributed by atoms with van der Waals surface area (Å²) in [5.41, 5.74) is 1.38. The van der Waals surface area contributed by atoms with E-state index < -0.39 is 0 Å². The Balaban J connectivity index is 1.70. The highest BCUT2D eigenvalue weighted by molar-refractivity contribution is 5.65. The molecule has 0 fully saturated rings. The second-order valence-electron chi connectivity index (χ2n) is 11.2. The fourth-order valence-corrected chi connectivity index (χ4v) is 4.36. The van der Waals surface area contributed by atoms with Crippen LogP contribution in [0.2, 0.25) is 0 Å². The van der Waals surface area contributed by atoms with Crippen molar-refractivity contribution in [3.8, 4) is 5.75 Å². The van der Waals surface area contributed by atoms with Crippen LogP contribution in [0.25, 0.3) is 0 Å². The van der Waals surface area contributed by atoms with Crippen LogP contribution in [0.5, 0.6) is 5.75 Å².